The van der Waals surface area contributed by atoms with E-state index in [-0.39, 0.29) is 0 Å². The maximum absolute atomic E-state index is 3.67. The van der Waals surface area contributed by atoms with Gasteiger partial charge < -0.3 is 10.2 Å². The Kier molecular flexibility index (Phi) is 5.74. The SMILES string of the molecule is CCc1ccc(C[NH+]2CCC(Nc3ccc(Br)cc3)CC2)cc1. The second-order valence-electron chi connectivity index (χ2n) is 6.52. The highest BCUT2D eigenvalue weighted by molar-refractivity contribution is 9.10. The van der Waals surface area contributed by atoms with E-state index in [1.54, 1.807) is 4.90 Å². The Balaban J connectivity index is 1.47. The minimum atomic E-state index is 0.613. The monoisotopic (exact) mass is 373 g/mol. The molecule has 0 aliphatic carbocycles. The predicted molar refractivity (Wildman–Crippen MR) is 101 cm³/mol. The highest BCUT2D eigenvalue weighted by atomic mass is 79.9. The molecule has 1 heterocycles. The Bertz CT molecular complexity index is 599. The molecule has 0 atom stereocenters. The van der Waals surface area contributed by atoms with Crippen LogP contribution in [-0.4, -0.2) is 19.1 Å². The lowest BCUT2D eigenvalue weighted by molar-refractivity contribution is -0.918. The van der Waals surface area contributed by atoms with Gasteiger partial charge in [-0.1, -0.05) is 47.1 Å². The van der Waals surface area contributed by atoms with E-state index in [4.69, 9.17) is 0 Å². The smallest absolute Gasteiger partial charge is 0.103 e. The fourth-order valence-electron chi connectivity index (χ4n) is 3.31. The van der Waals surface area contributed by atoms with Gasteiger partial charge in [0.15, 0.2) is 0 Å². The molecule has 1 aliphatic rings. The number of rotatable bonds is 5. The zero-order chi connectivity index (χ0) is 16.1. The summed E-state index contributed by atoms with van der Waals surface area (Å²) in [5, 5.41) is 3.67. The predicted octanol–water partition coefficient (Wildman–Crippen LogP) is 3.67. The van der Waals surface area contributed by atoms with Gasteiger partial charge in [-0.2, -0.15) is 0 Å². The molecule has 3 rings (SSSR count). The highest BCUT2D eigenvalue weighted by Gasteiger charge is 2.22. The van der Waals surface area contributed by atoms with E-state index < -0.39 is 0 Å². The molecular weight excluding hydrogens is 348 g/mol. The van der Waals surface area contributed by atoms with E-state index in [9.17, 15) is 0 Å². The Morgan fingerprint density at radius 1 is 0.957 bits per heavy atom. The highest BCUT2D eigenvalue weighted by Crippen LogP contribution is 2.16. The fourth-order valence-corrected chi connectivity index (χ4v) is 3.57. The quantitative estimate of drug-likeness (QED) is 0.817. The van der Waals surface area contributed by atoms with Crippen molar-refractivity contribution in [2.24, 2.45) is 0 Å². The lowest BCUT2D eigenvalue weighted by Gasteiger charge is -2.30. The normalized spacial score (nSPS) is 21.1. The molecule has 1 fully saturated rings. The Morgan fingerprint density at radius 2 is 1.57 bits per heavy atom. The van der Waals surface area contributed by atoms with Crippen molar-refractivity contribution in [3.05, 3.63) is 64.1 Å². The van der Waals surface area contributed by atoms with Crippen LogP contribution < -0.4 is 10.2 Å². The van der Waals surface area contributed by atoms with Gasteiger partial charge in [-0.05, 0) is 36.2 Å². The van der Waals surface area contributed by atoms with Gasteiger partial charge in [-0.25, -0.2) is 0 Å². The molecule has 1 saturated heterocycles. The Morgan fingerprint density at radius 3 is 2.17 bits per heavy atom. The molecule has 2 nitrogen and oxygen atoms in total. The van der Waals surface area contributed by atoms with Crippen LogP contribution in [0.4, 0.5) is 5.69 Å². The van der Waals surface area contributed by atoms with E-state index >= 15 is 0 Å². The number of likely N-dealkylation sites (tertiary alicyclic amines) is 1. The summed E-state index contributed by atoms with van der Waals surface area (Å²) in [5.74, 6) is 0. The van der Waals surface area contributed by atoms with E-state index in [0.29, 0.717) is 6.04 Å². The summed E-state index contributed by atoms with van der Waals surface area (Å²) in [6, 6.07) is 18.3. The van der Waals surface area contributed by atoms with Crippen LogP contribution in [0.15, 0.2) is 53.0 Å². The minimum absolute atomic E-state index is 0.613. The van der Waals surface area contributed by atoms with Crippen molar-refractivity contribution in [3.63, 3.8) is 0 Å². The average Bonchev–Trinajstić information content (AvgIpc) is 2.59. The molecule has 0 radical (unpaired) electrons. The van der Waals surface area contributed by atoms with Crippen LogP contribution in [0.1, 0.15) is 30.9 Å². The van der Waals surface area contributed by atoms with Gasteiger partial charge in [0.05, 0.1) is 13.1 Å². The lowest BCUT2D eigenvalue weighted by atomic mass is 10.0. The van der Waals surface area contributed by atoms with E-state index in [1.165, 1.54) is 42.7 Å². The van der Waals surface area contributed by atoms with Crippen molar-refractivity contribution in [2.75, 3.05) is 18.4 Å². The number of benzene rings is 2. The van der Waals surface area contributed by atoms with Crippen LogP contribution >= 0.6 is 15.9 Å². The molecule has 23 heavy (non-hydrogen) atoms. The average molecular weight is 374 g/mol. The first-order valence-corrected chi connectivity index (χ1v) is 9.45. The fraction of sp³-hybridized carbons (Fsp3) is 0.400. The second kappa shape index (κ2) is 7.98. The van der Waals surface area contributed by atoms with Crippen molar-refractivity contribution in [1.29, 1.82) is 0 Å². The van der Waals surface area contributed by atoms with Gasteiger partial charge in [-0.3, -0.25) is 0 Å². The molecule has 3 heteroatoms. The lowest BCUT2D eigenvalue weighted by Crippen LogP contribution is -3.12. The number of hydrogen-bond acceptors (Lipinski definition) is 1. The molecule has 1 aliphatic heterocycles. The van der Waals surface area contributed by atoms with Crippen molar-refractivity contribution >= 4 is 21.6 Å². The van der Waals surface area contributed by atoms with Gasteiger partial charge in [0, 0.05) is 34.6 Å². The molecular formula is C20H26BrN2+. The van der Waals surface area contributed by atoms with Crippen LogP contribution in [-0.2, 0) is 13.0 Å². The third-order valence-electron chi connectivity index (χ3n) is 4.79. The van der Waals surface area contributed by atoms with Crippen LogP contribution in [0.2, 0.25) is 0 Å². The van der Waals surface area contributed by atoms with Crippen LogP contribution in [0.3, 0.4) is 0 Å². The standard InChI is InChI=1S/C20H25BrN2/c1-2-16-3-5-17(6-4-16)15-23-13-11-20(12-14-23)22-19-9-7-18(21)8-10-19/h3-10,20,22H,2,11-15H2,1H3/p+1. The van der Waals surface area contributed by atoms with E-state index in [2.05, 4.69) is 76.7 Å². The number of hydrogen-bond donors (Lipinski definition) is 2. The summed E-state index contributed by atoms with van der Waals surface area (Å²) < 4.78 is 1.14. The van der Waals surface area contributed by atoms with Crippen molar-refractivity contribution in [3.8, 4) is 0 Å². The Labute approximate surface area is 148 Å². The molecule has 0 spiro atoms. The molecule has 0 unspecified atom stereocenters. The first-order valence-electron chi connectivity index (χ1n) is 8.66. The molecule has 0 saturated carbocycles. The van der Waals surface area contributed by atoms with Crippen LogP contribution in [0, 0.1) is 0 Å². The molecule has 0 aromatic heterocycles. The molecule has 0 bridgehead atoms. The molecule has 2 N–H and O–H groups in total. The van der Waals surface area contributed by atoms with Gasteiger partial charge >= 0.3 is 0 Å². The first kappa shape index (κ1) is 16.5. The summed E-state index contributed by atoms with van der Waals surface area (Å²) >= 11 is 3.49. The van der Waals surface area contributed by atoms with E-state index in [0.717, 1.165) is 17.4 Å². The van der Waals surface area contributed by atoms with Gasteiger partial charge in [0.1, 0.15) is 6.54 Å². The molecule has 2 aromatic rings. The molecule has 0 amide bonds. The van der Waals surface area contributed by atoms with Crippen molar-refractivity contribution in [1.82, 2.24) is 0 Å². The van der Waals surface area contributed by atoms with Crippen LogP contribution in [0.5, 0.6) is 0 Å². The van der Waals surface area contributed by atoms with Crippen molar-refractivity contribution in [2.45, 2.75) is 38.8 Å². The summed E-state index contributed by atoms with van der Waals surface area (Å²) in [7, 11) is 0. The number of aryl methyl sites for hydroxylation is 1. The number of halogens is 1. The van der Waals surface area contributed by atoms with Crippen LogP contribution in [0.25, 0.3) is 0 Å². The Hall–Kier alpha value is -1.32. The number of piperidine rings is 1. The van der Waals surface area contributed by atoms with Gasteiger partial charge in [0.2, 0.25) is 0 Å². The number of anilines is 1. The first-order chi connectivity index (χ1) is 11.2. The largest absolute Gasteiger partial charge is 0.382 e. The number of quaternary nitrogens is 1. The zero-order valence-corrected chi connectivity index (χ0v) is 15.4. The second-order valence-corrected chi connectivity index (χ2v) is 7.44. The maximum atomic E-state index is 3.67. The number of nitrogens with one attached hydrogen (secondary N) is 2. The molecule has 2 aromatic carbocycles. The summed E-state index contributed by atoms with van der Waals surface area (Å²) in [4.78, 5) is 1.71. The summed E-state index contributed by atoms with van der Waals surface area (Å²) in [5.41, 5.74) is 4.13. The van der Waals surface area contributed by atoms with Gasteiger partial charge in [-0.15, -0.1) is 0 Å². The summed E-state index contributed by atoms with van der Waals surface area (Å²) in [6.45, 7) is 5.88. The third-order valence-corrected chi connectivity index (χ3v) is 5.32. The third kappa shape index (κ3) is 4.82. The minimum Gasteiger partial charge on any atom is -0.382 e. The maximum Gasteiger partial charge on any atom is 0.103 e. The topological polar surface area (TPSA) is 16.5 Å². The zero-order valence-electron chi connectivity index (χ0n) is 13.8. The van der Waals surface area contributed by atoms with Gasteiger partial charge in [0.25, 0.3) is 0 Å². The summed E-state index contributed by atoms with van der Waals surface area (Å²) in [6.07, 6.45) is 3.62. The van der Waals surface area contributed by atoms with E-state index in [1.807, 2.05) is 0 Å². The molecule has 122 valence electrons. The van der Waals surface area contributed by atoms with Crippen molar-refractivity contribution < 1.29 is 4.90 Å².